The minimum absolute atomic E-state index is 0.0756. The van der Waals surface area contributed by atoms with Gasteiger partial charge in [0.05, 0.1) is 11.6 Å². The summed E-state index contributed by atoms with van der Waals surface area (Å²) in [7, 11) is 0. The molecule has 0 aliphatic heterocycles. The van der Waals surface area contributed by atoms with E-state index < -0.39 is 5.97 Å². The van der Waals surface area contributed by atoms with Crippen LogP contribution in [0.25, 0.3) is 11.0 Å². The second kappa shape index (κ2) is 6.84. The van der Waals surface area contributed by atoms with Crippen molar-refractivity contribution in [2.45, 2.75) is 6.92 Å². The molecule has 4 rings (SSSR count). The Kier molecular flexibility index (Phi) is 4.22. The Morgan fingerprint density at radius 3 is 2.48 bits per heavy atom. The molecular formula is C21H14O6. The summed E-state index contributed by atoms with van der Waals surface area (Å²) in [6.45, 7) is 1.96. The first kappa shape index (κ1) is 16.7. The molecule has 2 heterocycles. The number of ether oxygens (including phenoxy) is 2. The number of benzene rings is 2. The van der Waals surface area contributed by atoms with Gasteiger partial charge in [0.15, 0.2) is 0 Å². The second-order valence-electron chi connectivity index (χ2n) is 5.87. The molecule has 0 amide bonds. The first-order valence-electron chi connectivity index (χ1n) is 8.16. The molecule has 0 fully saturated rings. The van der Waals surface area contributed by atoms with E-state index in [4.69, 9.17) is 18.3 Å². The summed E-state index contributed by atoms with van der Waals surface area (Å²) in [4.78, 5) is 24.5. The zero-order chi connectivity index (χ0) is 18.8. The number of hydrogen-bond donors (Lipinski definition) is 0. The molecule has 6 heteroatoms. The molecular weight excluding hydrogens is 348 g/mol. The van der Waals surface area contributed by atoms with E-state index in [1.807, 2.05) is 19.1 Å². The van der Waals surface area contributed by atoms with Gasteiger partial charge in [0, 0.05) is 6.07 Å². The van der Waals surface area contributed by atoms with E-state index in [1.165, 1.54) is 36.8 Å². The molecule has 0 radical (unpaired) electrons. The van der Waals surface area contributed by atoms with E-state index >= 15 is 0 Å². The number of rotatable bonds is 4. The Labute approximate surface area is 153 Å². The molecule has 0 aliphatic rings. The van der Waals surface area contributed by atoms with Gasteiger partial charge >= 0.3 is 5.97 Å². The molecule has 0 unspecified atom stereocenters. The third kappa shape index (κ3) is 3.46. The summed E-state index contributed by atoms with van der Waals surface area (Å²) in [5, 5.41) is 0.317. The molecule has 0 atom stereocenters. The van der Waals surface area contributed by atoms with Crippen LogP contribution in [0.4, 0.5) is 0 Å². The zero-order valence-electron chi connectivity index (χ0n) is 14.3. The van der Waals surface area contributed by atoms with E-state index in [-0.39, 0.29) is 28.3 Å². The average molecular weight is 362 g/mol. The molecule has 4 aromatic rings. The average Bonchev–Trinajstić information content (AvgIpc) is 3.21. The molecule has 6 nitrogen and oxygen atoms in total. The number of aryl methyl sites for hydroxylation is 1. The quantitative estimate of drug-likeness (QED) is 0.386. The number of carbonyl (C=O) groups is 1. The maximum absolute atomic E-state index is 12.6. The number of fused-ring (bicyclic) bond motifs is 1. The minimum atomic E-state index is -0.638. The SMILES string of the molecule is Cc1ccc(Oc2coc3cc(OC(=O)c4ccco4)ccc3c2=O)cc1. The van der Waals surface area contributed by atoms with Crippen molar-refractivity contribution in [2.75, 3.05) is 0 Å². The maximum atomic E-state index is 12.6. The van der Waals surface area contributed by atoms with Crippen molar-refractivity contribution in [2.24, 2.45) is 0 Å². The van der Waals surface area contributed by atoms with E-state index in [1.54, 1.807) is 18.2 Å². The molecule has 0 spiro atoms. The molecule has 0 saturated carbocycles. The van der Waals surface area contributed by atoms with Gasteiger partial charge in [-0.25, -0.2) is 4.79 Å². The van der Waals surface area contributed by atoms with Crippen LogP contribution in [0.2, 0.25) is 0 Å². The summed E-state index contributed by atoms with van der Waals surface area (Å²) < 4.78 is 21.3. The van der Waals surface area contributed by atoms with Crippen molar-refractivity contribution in [3.63, 3.8) is 0 Å². The standard InChI is InChI=1S/C21H14O6/c1-13-4-6-14(7-5-13)26-19-12-25-18-11-15(8-9-16(18)20(19)22)27-21(23)17-3-2-10-24-17/h2-12H,1H3. The Morgan fingerprint density at radius 1 is 0.963 bits per heavy atom. The predicted molar refractivity (Wildman–Crippen MR) is 97.4 cm³/mol. The van der Waals surface area contributed by atoms with Gasteiger partial charge in [-0.05, 0) is 43.3 Å². The van der Waals surface area contributed by atoms with Crippen LogP contribution in [-0.2, 0) is 0 Å². The first-order chi connectivity index (χ1) is 13.1. The van der Waals surface area contributed by atoms with Crippen molar-refractivity contribution in [3.05, 3.63) is 88.7 Å². The molecule has 27 heavy (non-hydrogen) atoms. The Bertz CT molecular complexity index is 1150. The van der Waals surface area contributed by atoms with Crippen LogP contribution in [0.3, 0.4) is 0 Å². The van der Waals surface area contributed by atoms with Crippen LogP contribution < -0.4 is 14.9 Å². The molecule has 0 N–H and O–H groups in total. The van der Waals surface area contributed by atoms with Crippen molar-refractivity contribution in [1.82, 2.24) is 0 Å². The van der Waals surface area contributed by atoms with Gasteiger partial charge in [-0.1, -0.05) is 17.7 Å². The normalized spacial score (nSPS) is 10.7. The number of carbonyl (C=O) groups excluding carboxylic acids is 1. The van der Waals surface area contributed by atoms with Crippen molar-refractivity contribution >= 4 is 16.9 Å². The zero-order valence-corrected chi connectivity index (χ0v) is 14.3. The van der Waals surface area contributed by atoms with Crippen LogP contribution in [0, 0.1) is 6.92 Å². The van der Waals surface area contributed by atoms with Gasteiger partial charge in [-0.2, -0.15) is 0 Å². The lowest BCUT2D eigenvalue weighted by Gasteiger charge is -2.07. The highest BCUT2D eigenvalue weighted by Gasteiger charge is 2.14. The van der Waals surface area contributed by atoms with Gasteiger partial charge in [-0.3, -0.25) is 4.79 Å². The maximum Gasteiger partial charge on any atom is 0.379 e. The molecule has 2 aromatic heterocycles. The number of esters is 1. The third-order valence-corrected chi connectivity index (χ3v) is 3.90. The summed E-state index contributed by atoms with van der Waals surface area (Å²) >= 11 is 0. The lowest BCUT2D eigenvalue weighted by Crippen LogP contribution is -2.08. The predicted octanol–water partition coefficient (Wildman–Crippen LogP) is 4.71. The molecule has 0 bridgehead atoms. The Morgan fingerprint density at radius 2 is 1.74 bits per heavy atom. The van der Waals surface area contributed by atoms with Crippen LogP contribution in [0.5, 0.6) is 17.2 Å². The van der Waals surface area contributed by atoms with Gasteiger partial charge in [0.2, 0.25) is 16.9 Å². The monoisotopic (exact) mass is 362 g/mol. The van der Waals surface area contributed by atoms with E-state index in [0.717, 1.165) is 5.56 Å². The van der Waals surface area contributed by atoms with Gasteiger partial charge in [-0.15, -0.1) is 0 Å². The van der Waals surface area contributed by atoms with Crippen LogP contribution in [0.15, 0.2) is 80.8 Å². The largest absolute Gasteiger partial charge is 0.460 e. The fourth-order valence-electron chi connectivity index (χ4n) is 2.51. The van der Waals surface area contributed by atoms with Crippen LogP contribution >= 0.6 is 0 Å². The highest BCUT2D eigenvalue weighted by Crippen LogP contribution is 2.24. The van der Waals surface area contributed by atoms with Crippen LogP contribution in [-0.4, -0.2) is 5.97 Å². The fraction of sp³-hybridized carbons (Fsp3) is 0.0476. The van der Waals surface area contributed by atoms with Gasteiger partial charge in [0.25, 0.3) is 0 Å². The number of hydrogen-bond acceptors (Lipinski definition) is 6. The molecule has 2 aromatic carbocycles. The fourth-order valence-corrected chi connectivity index (χ4v) is 2.51. The summed E-state index contributed by atoms with van der Waals surface area (Å²) in [6, 6.07) is 14.9. The lowest BCUT2D eigenvalue weighted by atomic mass is 10.2. The summed E-state index contributed by atoms with van der Waals surface area (Å²) in [6.07, 6.45) is 2.62. The van der Waals surface area contributed by atoms with E-state index in [0.29, 0.717) is 11.1 Å². The van der Waals surface area contributed by atoms with Gasteiger partial charge in [0.1, 0.15) is 23.3 Å². The van der Waals surface area contributed by atoms with Crippen molar-refractivity contribution < 1.29 is 23.1 Å². The second-order valence-corrected chi connectivity index (χ2v) is 5.87. The first-order valence-corrected chi connectivity index (χ1v) is 8.16. The Hall–Kier alpha value is -3.80. The Balaban J connectivity index is 1.61. The lowest BCUT2D eigenvalue weighted by molar-refractivity contribution is 0.0701. The smallest absolute Gasteiger partial charge is 0.379 e. The molecule has 134 valence electrons. The molecule has 0 saturated heterocycles. The van der Waals surface area contributed by atoms with E-state index in [2.05, 4.69) is 0 Å². The van der Waals surface area contributed by atoms with Crippen molar-refractivity contribution in [1.29, 1.82) is 0 Å². The third-order valence-electron chi connectivity index (χ3n) is 3.90. The topological polar surface area (TPSA) is 78.9 Å². The van der Waals surface area contributed by atoms with Gasteiger partial charge < -0.3 is 18.3 Å². The van der Waals surface area contributed by atoms with Crippen molar-refractivity contribution in [3.8, 4) is 17.2 Å². The summed E-state index contributed by atoms with van der Waals surface area (Å²) in [5.74, 6) is 0.293. The number of furan rings is 1. The van der Waals surface area contributed by atoms with E-state index in [9.17, 15) is 9.59 Å². The minimum Gasteiger partial charge on any atom is -0.460 e. The van der Waals surface area contributed by atoms with Crippen LogP contribution in [0.1, 0.15) is 16.1 Å². The highest BCUT2D eigenvalue weighted by molar-refractivity contribution is 5.89. The highest BCUT2D eigenvalue weighted by atomic mass is 16.5. The summed E-state index contributed by atoms with van der Waals surface area (Å²) in [5.41, 5.74) is 1.05. The molecule has 0 aliphatic carbocycles.